The third-order valence-corrected chi connectivity index (χ3v) is 1.73. The van der Waals surface area contributed by atoms with Crippen molar-refractivity contribution in [2.45, 2.75) is 65.6 Å². The van der Waals surface area contributed by atoms with Gasteiger partial charge < -0.3 is 0 Å². The van der Waals surface area contributed by atoms with E-state index in [1.54, 1.807) is 13.8 Å². The van der Waals surface area contributed by atoms with Crippen LogP contribution in [0.5, 0.6) is 0 Å². The Labute approximate surface area is 87.6 Å². The Hall–Kier alpha value is -0.590. The number of nitrogens with zero attached hydrogens (tertiary/aromatic N) is 2. The second-order valence-corrected chi connectivity index (χ2v) is 5.30. The van der Waals surface area contributed by atoms with Crippen molar-refractivity contribution in [1.29, 1.82) is 5.26 Å². The molecule has 0 aliphatic carbocycles. The SMILES string of the molecule is CC(C)N(OC(C)(C)C#N)C(C)(C)C. The summed E-state index contributed by atoms with van der Waals surface area (Å²) in [7, 11) is 0. The van der Waals surface area contributed by atoms with E-state index in [0.717, 1.165) is 0 Å². The highest BCUT2D eigenvalue weighted by Gasteiger charge is 2.31. The van der Waals surface area contributed by atoms with Gasteiger partial charge in [-0.25, -0.2) is 0 Å². The molecule has 0 fully saturated rings. The highest BCUT2D eigenvalue weighted by molar-refractivity contribution is 4.94. The van der Waals surface area contributed by atoms with Crippen LogP contribution in [0.2, 0.25) is 0 Å². The molecule has 0 amide bonds. The lowest BCUT2D eigenvalue weighted by Crippen LogP contribution is -2.49. The minimum absolute atomic E-state index is 0.0950. The van der Waals surface area contributed by atoms with Crippen molar-refractivity contribution in [3.63, 3.8) is 0 Å². The lowest BCUT2D eigenvalue weighted by molar-refractivity contribution is -0.272. The molecule has 0 saturated carbocycles. The van der Waals surface area contributed by atoms with Gasteiger partial charge in [0.15, 0.2) is 5.60 Å². The second kappa shape index (κ2) is 4.29. The summed E-state index contributed by atoms with van der Waals surface area (Å²) in [5, 5.41) is 10.8. The van der Waals surface area contributed by atoms with E-state index in [1.807, 2.05) is 5.06 Å². The third-order valence-electron chi connectivity index (χ3n) is 1.73. The predicted molar refractivity (Wildman–Crippen MR) is 57.5 cm³/mol. The molecule has 0 aromatic heterocycles. The number of nitriles is 1. The van der Waals surface area contributed by atoms with Crippen LogP contribution in [0.15, 0.2) is 0 Å². The molecule has 0 aromatic rings. The molecule has 0 heterocycles. The topological polar surface area (TPSA) is 36.3 Å². The van der Waals surface area contributed by atoms with Crippen molar-refractivity contribution in [3.05, 3.63) is 0 Å². The van der Waals surface area contributed by atoms with Gasteiger partial charge in [-0.1, -0.05) is 0 Å². The average Bonchev–Trinajstić information content (AvgIpc) is 1.98. The summed E-state index contributed by atoms with van der Waals surface area (Å²) < 4.78 is 0. The molecule has 3 heteroatoms. The van der Waals surface area contributed by atoms with Gasteiger partial charge in [-0.15, -0.1) is 0 Å². The normalized spacial score (nSPS) is 13.4. The van der Waals surface area contributed by atoms with Crippen LogP contribution in [0.3, 0.4) is 0 Å². The van der Waals surface area contributed by atoms with Crippen molar-refractivity contribution < 1.29 is 4.84 Å². The van der Waals surface area contributed by atoms with Gasteiger partial charge in [0.1, 0.15) is 0 Å². The highest BCUT2D eigenvalue weighted by Crippen LogP contribution is 2.22. The number of hydrogen-bond acceptors (Lipinski definition) is 3. The first-order valence-electron chi connectivity index (χ1n) is 5.00. The maximum Gasteiger partial charge on any atom is 0.170 e. The molecule has 0 aliphatic rings. The molecular formula is C11H22N2O. The van der Waals surface area contributed by atoms with E-state index >= 15 is 0 Å². The highest BCUT2D eigenvalue weighted by atomic mass is 16.7. The van der Waals surface area contributed by atoms with Crippen molar-refractivity contribution in [2.75, 3.05) is 0 Å². The minimum atomic E-state index is -0.766. The molecule has 3 nitrogen and oxygen atoms in total. The first-order chi connectivity index (χ1) is 6.10. The van der Waals surface area contributed by atoms with Gasteiger partial charge in [0.05, 0.1) is 6.07 Å². The number of hydrogen-bond donors (Lipinski definition) is 0. The summed E-state index contributed by atoms with van der Waals surface area (Å²) in [6.07, 6.45) is 0. The lowest BCUT2D eigenvalue weighted by Gasteiger charge is -2.40. The van der Waals surface area contributed by atoms with Gasteiger partial charge >= 0.3 is 0 Å². The van der Waals surface area contributed by atoms with Gasteiger partial charge in [0, 0.05) is 11.6 Å². The standard InChI is InChI=1S/C11H22N2O/c1-9(2)13(10(3,4)5)14-11(6,7)8-12/h9H,1-7H3. The molecule has 0 aliphatic heterocycles. The van der Waals surface area contributed by atoms with Gasteiger partial charge in [-0.05, 0) is 48.5 Å². The first-order valence-corrected chi connectivity index (χ1v) is 5.00. The summed E-state index contributed by atoms with van der Waals surface area (Å²) >= 11 is 0. The quantitative estimate of drug-likeness (QED) is 0.654. The van der Waals surface area contributed by atoms with Crippen molar-refractivity contribution in [1.82, 2.24) is 5.06 Å². The molecule has 14 heavy (non-hydrogen) atoms. The lowest BCUT2D eigenvalue weighted by atomic mass is 10.1. The zero-order valence-corrected chi connectivity index (χ0v) is 10.4. The summed E-state index contributed by atoms with van der Waals surface area (Å²) in [5.74, 6) is 0. The van der Waals surface area contributed by atoms with E-state index in [2.05, 4.69) is 40.7 Å². The second-order valence-electron chi connectivity index (χ2n) is 5.30. The van der Waals surface area contributed by atoms with Gasteiger partial charge in [-0.3, -0.25) is 4.84 Å². The van der Waals surface area contributed by atoms with E-state index in [4.69, 9.17) is 10.1 Å². The largest absolute Gasteiger partial charge is 0.277 e. The maximum absolute atomic E-state index is 8.89. The monoisotopic (exact) mass is 198 g/mol. The molecule has 0 N–H and O–H groups in total. The minimum Gasteiger partial charge on any atom is -0.277 e. The van der Waals surface area contributed by atoms with Crippen molar-refractivity contribution in [3.8, 4) is 6.07 Å². The summed E-state index contributed by atoms with van der Waals surface area (Å²) in [6.45, 7) is 13.9. The van der Waals surface area contributed by atoms with Crippen molar-refractivity contribution >= 4 is 0 Å². The van der Waals surface area contributed by atoms with Gasteiger partial charge in [0.25, 0.3) is 0 Å². The molecule has 0 bridgehead atoms. The van der Waals surface area contributed by atoms with Crippen molar-refractivity contribution in [2.24, 2.45) is 0 Å². The van der Waals surface area contributed by atoms with E-state index < -0.39 is 5.60 Å². The molecule has 0 rings (SSSR count). The van der Waals surface area contributed by atoms with Crippen LogP contribution in [0.25, 0.3) is 0 Å². The molecular weight excluding hydrogens is 176 g/mol. The van der Waals surface area contributed by atoms with E-state index in [0.29, 0.717) is 0 Å². The number of hydroxylamine groups is 2. The summed E-state index contributed by atoms with van der Waals surface area (Å²) in [5.41, 5.74) is -0.861. The summed E-state index contributed by atoms with van der Waals surface area (Å²) in [6, 6.07) is 2.39. The van der Waals surface area contributed by atoms with Crippen LogP contribution in [0.4, 0.5) is 0 Å². The smallest absolute Gasteiger partial charge is 0.170 e. The Balaban J connectivity index is 4.66. The zero-order valence-electron chi connectivity index (χ0n) is 10.4. The Morgan fingerprint density at radius 1 is 1.14 bits per heavy atom. The van der Waals surface area contributed by atoms with E-state index in [-0.39, 0.29) is 11.6 Å². The zero-order chi connectivity index (χ0) is 11.6. The Kier molecular flexibility index (Phi) is 4.11. The van der Waals surface area contributed by atoms with Crippen LogP contribution in [-0.2, 0) is 4.84 Å². The van der Waals surface area contributed by atoms with Crippen LogP contribution in [0.1, 0.15) is 48.5 Å². The van der Waals surface area contributed by atoms with Crippen LogP contribution in [-0.4, -0.2) is 22.2 Å². The molecule has 0 radical (unpaired) electrons. The van der Waals surface area contributed by atoms with Crippen LogP contribution >= 0.6 is 0 Å². The van der Waals surface area contributed by atoms with E-state index in [1.165, 1.54) is 0 Å². The molecule has 0 unspecified atom stereocenters. The van der Waals surface area contributed by atoms with Gasteiger partial charge in [0.2, 0.25) is 0 Å². The third kappa shape index (κ3) is 4.08. The molecule has 0 atom stereocenters. The maximum atomic E-state index is 8.89. The molecule has 0 spiro atoms. The first kappa shape index (κ1) is 13.4. The predicted octanol–water partition coefficient (Wildman–Crippen LogP) is 2.73. The Morgan fingerprint density at radius 3 is 1.79 bits per heavy atom. The summed E-state index contributed by atoms with van der Waals surface area (Å²) in [4.78, 5) is 5.69. The fraction of sp³-hybridized carbons (Fsp3) is 0.909. The Bertz CT molecular complexity index is 220. The van der Waals surface area contributed by atoms with Crippen LogP contribution in [0, 0.1) is 11.3 Å². The average molecular weight is 198 g/mol. The van der Waals surface area contributed by atoms with E-state index in [9.17, 15) is 0 Å². The Morgan fingerprint density at radius 2 is 1.57 bits per heavy atom. The number of rotatable bonds is 3. The molecule has 0 saturated heterocycles. The van der Waals surface area contributed by atoms with Gasteiger partial charge in [-0.2, -0.15) is 10.3 Å². The fourth-order valence-corrected chi connectivity index (χ4v) is 1.28. The van der Waals surface area contributed by atoms with Crippen LogP contribution < -0.4 is 0 Å². The molecule has 82 valence electrons. The molecule has 0 aromatic carbocycles. The fourth-order valence-electron chi connectivity index (χ4n) is 1.28.